The lowest BCUT2D eigenvalue weighted by atomic mass is 9.78. The molecule has 1 spiro atoms. The van der Waals surface area contributed by atoms with Gasteiger partial charge in [-0.05, 0) is 32.1 Å². The fourth-order valence-electron chi connectivity index (χ4n) is 4.28. The van der Waals surface area contributed by atoms with Gasteiger partial charge in [0.15, 0.2) is 0 Å². The van der Waals surface area contributed by atoms with E-state index in [1.54, 1.807) is 0 Å². The zero-order valence-electron chi connectivity index (χ0n) is 10.6. The zero-order valence-corrected chi connectivity index (χ0v) is 10.6. The normalized spacial score (nSPS) is 49.5. The standard InChI is InChI=1S/C15H18O3/c1-8-3-4-11-9(2)14(16)18-13(11)12-10(8)5-6-15(12)7-17-15/h3,10-13H,2,4-7H2,1H3/t10-,11-,12-,13-,15?/m0/s1. The van der Waals surface area contributed by atoms with E-state index in [2.05, 4.69) is 19.6 Å². The summed E-state index contributed by atoms with van der Waals surface area (Å²) in [5.41, 5.74) is 2.12. The summed E-state index contributed by atoms with van der Waals surface area (Å²) >= 11 is 0. The van der Waals surface area contributed by atoms with Gasteiger partial charge in [0.2, 0.25) is 0 Å². The van der Waals surface area contributed by atoms with Crippen LogP contribution in [0.5, 0.6) is 0 Å². The first-order valence-electron chi connectivity index (χ1n) is 6.83. The van der Waals surface area contributed by atoms with Gasteiger partial charge in [0.25, 0.3) is 0 Å². The Morgan fingerprint density at radius 3 is 2.94 bits per heavy atom. The van der Waals surface area contributed by atoms with Crippen LogP contribution in [0, 0.1) is 17.8 Å². The molecule has 96 valence electrons. The van der Waals surface area contributed by atoms with Gasteiger partial charge in [-0.3, -0.25) is 0 Å². The zero-order chi connectivity index (χ0) is 12.5. The van der Waals surface area contributed by atoms with Crippen LogP contribution in [-0.4, -0.2) is 24.3 Å². The van der Waals surface area contributed by atoms with E-state index in [1.165, 1.54) is 12.0 Å². The molecular formula is C15H18O3. The highest BCUT2D eigenvalue weighted by atomic mass is 16.6. The summed E-state index contributed by atoms with van der Waals surface area (Å²) in [6.07, 6.45) is 5.45. The lowest BCUT2D eigenvalue weighted by Gasteiger charge is -2.28. The van der Waals surface area contributed by atoms with E-state index in [1.807, 2.05) is 0 Å². The van der Waals surface area contributed by atoms with Crippen molar-refractivity contribution in [2.75, 3.05) is 6.61 Å². The van der Waals surface area contributed by atoms with Gasteiger partial charge < -0.3 is 9.47 Å². The number of carbonyl (C=O) groups excluding carboxylic acids is 1. The van der Waals surface area contributed by atoms with Crippen LogP contribution in [-0.2, 0) is 14.3 Å². The lowest BCUT2D eigenvalue weighted by Crippen LogP contribution is -2.37. The van der Waals surface area contributed by atoms with Crippen molar-refractivity contribution in [1.82, 2.24) is 0 Å². The molecule has 0 aromatic rings. The predicted molar refractivity (Wildman–Crippen MR) is 65.8 cm³/mol. The maximum atomic E-state index is 11.8. The summed E-state index contributed by atoms with van der Waals surface area (Å²) in [5.74, 6) is 0.853. The molecule has 5 atom stereocenters. The minimum absolute atomic E-state index is 0.00583. The SMILES string of the molecule is C=C1C(=O)O[C@@H]2[C@@H]3[C@@H](CCC34CO4)C(C)=CC[C@@H]12. The van der Waals surface area contributed by atoms with Gasteiger partial charge in [-0.2, -0.15) is 0 Å². The maximum absolute atomic E-state index is 11.8. The van der Waals surface area contributed by atoms with E-state index in [-0.39, 0.29) is 23.6 Å². The van der Waals surface area contributed by atoms with Crippen molar-refractivity contribution >= 4 is 5.97 Å². The predicted octanol–water partition coefficient (Wildman–Crippen LogP) is 2.23. The monoisotopic (exact) mass is 246 g/mol. The highest BCUT2D eigenvalue weighted by molar-refractivity contribution is 5.91. The fourth-order valence-corrected chi connectivity index (χ4v) is 4.28. The molecule has 0 radical (unpaired) electrons. The van der Waals surface area contributed by atoms with Gasteiger partial charge in [0, 0.05) is 17.4 Å². The molecule has 0 amide bonds. The molecule has 2 aliphatic heterocycles. The highest BCUT2D eigenvalue weighted by Gasteiger charge is 2.64. The molecule has 3 heteroatoms. The number of carbonyl (C=O) groups is 1. The molecule has 0 aromatic heterocycles. The number of hydrogen-bond acceptors (Lipinski definition) is 3. The van der Waals surface area contributed by atoms with Crippen molar-refractivity contribution < 1.29 is 14.3 Å². The number of fused-ring (bicyclic) bond motifs is 4. The summed E-state index contributed by atoms with van der Waals surface area (Å²) in [5, 5.41) is 0. The first-order chi connectivity index (χ1) is 8.62. The van der Waals surface area contributed by atoms with Crippen molar-refractivity contribution in [2.24, 2.45) is 17.8 Å². The molecule has 2 saturated heterocycles. The number of ether oxygens (including phenoxy) is 2. The Balaban J connectivity index is 1.78. The molecule has 2 heterocycles. The Kier molecular flexibility index (Phi) is 1.96. The van der Waals surface area contributed by atoms with E-state index in [9.17, 15) is 4.79 Å². The molecule has 2 aliphatic carbocycles. The van der Waals surface area contributed by atoms with Crippen molar-refractivity contribution in [2.45, 2.75) is 37.9 Å². The van der Waals surface area contributed by atoms with Gasteiger partial charge in [0.05, 0.1) is 12.2 Å². The molecule has 3 fully saturated rings. The first-order valence-corrected chi connectivity index (χ1v) is 6.83. The average Bonchev–Trinajstić information content (AvgIpc) is 2.95. The third kappa shape index (κ3) is 1.21. The van der Waals surface area contributed by atoms with Crippen LogP contribution in [0.15, 0.2) is 23.8 Å². The van der Waals surface area contributed by atoms with E-state index >= 15 is 0 Å². The number of allylic oxidation sites excluding steroid dienone is 2. The van der Waals surface area contributed by atoms with Crippen LogP contribution < -0.4 is 0 Å². The minimum Gasteiger partial charge on any atom is -0.458 e. The molecule has 4 rings (SSSR count). The summed E-state index contributed by atoms with van der Waals surface area (Å²) in [6, 6.07) is 0. The molecule has 0 N–H and O–H groups in total. The lowest BCUT2D eigenvalue weighted by molar-refractivity contribution is -0.142. The Bertz CT molecular complexity index is 472. The van der Waals surface area contributed by atoms with Crippen LogP contribution in [0.1, 0.15) is 26.2 Å². The Hall–Kier alpha value is -1.09. The molecule has 0 aromatic carbocycles. The summed E-state index contributed by atoms with van der Waals surface area (Å²) < 4.78 is 11.4. The highest BCUT2D eigenvalue weighted by Crippen LogP contribution is 2.58. The van der Waals surface area contributed by atoms with Crippen LogP contribution in [0.2, 0.25) is 0 Å². The molecule has 1 saturated carbocycles. The fraction of sp³-hybridized carbons (Fsp3) is 0.667. The van der Waals surface area contributed by atoms with Crippen LogP contribution in [0.3, 0.4) is 0 Å². The Morgan fingerprint density at radius 1 is 1.44 bits per heavy atom. The van der Waals surface area contributed by atoms with Crippen molar-refractivity contribution in [3.63, 3.8) is 0 Å². The number of esters is 1. The van der Waals surface area contributed by atoms with Gasteiger partial charge in [0.1, 0.15) is 6.10 Å². The molecular weight excluding hydrogens is 228 g/mol. The second-order valence-corrected chi connectivity index (χ2v) is 6.21. The third-order valence-corrected chi connectivity index (χ3v) is 5.42. The summed E-state index contributed by atoms with van der Waals surface area (Å²) in [4.78, 5) is 11.8. The van der Waals surface area contributed by atoms with E-state index < -0.39 is 0 Å². The largest absolute Gasteiger partial charge is 0.458 e. The van der Waals surface area contributed by atoms with Crippen LogP contribution in [0.4, 0.5) is 0 Å². The van der Waals surface area contributed by atoms with Crippen molar-refractivity contribution in [3.05, 3.63) is 23.8 Å². The number of epoxide rings is 1. The van der Waals surface area contributed by atoms with Crippen molar-refractivity contribution in [3.8, 4) is 0 Å². The average molecular weight is 246 g/mol. The van der Waals surface area contributed by atoms with Crippen LogP contribution >= 0.6 is 0 Å². The molecule has 1 unspecified atom stereocenters. The van der Waals surface area contributed by atoms with Crippen molar-refractivity contribution in [1.29, 1.82) is 0 Å². The molecule has 18 heavy (non-hydrogen) atoms. The molecule has 3 nitrogen and oxygen atoms in total. The smallest absolute Gasteiger partial charge is 0.334 e. The Labute approximate surface area is 107 Å². The van der Waals surface area contributed by atoms with Gasteiger partial charge in [-0.1, -0.05) is 18.2 Å². The minimum atomic E-state index is -0.195. The van der Waals surface area contributed by atoms with E-state index in [0.717, 1.165) is 19.4 Å². The Morgan fingerprint density at radius 2 is 2.22 bits per heavy atom. The van der Waals surface area contributed by atoms with E-state index in [0.29, 0.717) is 17.4 Å². The maximum Gasteiger partial charge on any atom is 0.334 e. The molecule has 4 aliphatic rings. The quantitative estimate of drug-likeness (QED) is 0.285. The summed E-state index contributed by atoms with van der Waals surface area (Å²) in [6.45, 7) is 6.98. The van der Waals surface area contributed by atoms with Crippen LogP contribution in [0.25, 0.3) is 0 Å². The third-order valence-electron chi connectivity index (χ3n) is 5.42. The second-order valence-electron chi connectivity index (χ2n) is 6.21. The van der Waals surface area contributed by atoms with E-state index in [4.69, 9.17) is 9.47 Å². The van der Waals surface area contributed by atoms with Gasteiger partial charge >= 0.3 is 5.97 Å². The first kappa shape index (κ1) is 10.8. The topological polar surface area (TPSA) is 38.8 Å². The second kappa shape index (κ2) is 3.27. The van der Waals surface area contributed by atoms with Gasteiger partial charge in [-0.15, -0.1) is 0 Å². The summed E-state index contributed by atoms with van der Waals surface area (Å²) in [7, 11) is 0. The van der Waals surface area contributed by atoms with Gasteiger partial charge in [-0.25, -0.2) is 4.79 Å². The number of rotatable bonds is 0. The number of hydrogen-bond donors (Lipinski definition) is 0. The molecule has 0 bridgehead atoms.